The molecule has 2 aromatic heterocycles. The van der Waals surface area contributed by atoms with Gasteiger partial charge in [-0.1, -0.05) is 0 Å². The summed E-state index contributed by atoms with van der Waals surface area (Å²) in [6, 6.07) is 7.75. The number of furan rings is 1. The molecule has 4 rings (SSSR count). The molecule has 2 aromatic carbocycles. The van der Waals surface area contributed by atoms with Gasteiger partial charge < -0.3 is 14.1 Å². The van der Waals surface area contributed by atoms with Crippen LogP contribution in [0.4, 0.5) is 4.39 Å². The Morgan fingerprint density at radius 3 is 2.74 bits per heavy atom. The van der Waals surface area contributed by atoms with Crippen LogP contribution in [0.5, 0.6) is 5.75 Å². The highest BCUT2D eigenvalue weighted by atomic mass is 19.1. The van der Waals surface area contributed by atoms with Gasteiger partial charge in [0.15, 0.2) is 5.58 Å². The molecule has 1 N–H and O–H groups in total. The first-order valence-electron chi connectivity index (χ1n) is 7.40. The summed E-state index contributed by atoms with van der Waals surface area (Å²) in [7, 11) is 0. The Bertz CT molecular complexity index is 1120. The van der Waals surface area contributed by atoms with E-state index in [1.807, 2.05) is 26.0 Å². The van der Waals surface area contributed by atoms with Crippen molar-refractivity contribution < 1.29 is 13.5 Å². The SMILES string of the molecule is CCOc1ccc2c(oc3c(=O)c4ccc(F)cc4[nH]c32)c1C. The standard InChI is InChI=1S/C18H14FNO3/c1-3-22-14-7-6-12-15-18(23-17(12)9(14)2)16(21)11-5-4-10(19)8-13(11)20-15/h4-8H,3H2,1-2H3,(H,20,21). The Morgan fingerprint density at radius 1 is 1.17 bits per heavy atom. The molecule has 0 amide bonds. The Labute approximate surface area is 130 Å². The van der Waals surface area contributed by atoms with Gasteiger partial charge in [0.05, 0.1) is 17.6 Å². The zero-order chi connectivity index (χ0) is 16.1. The third kappa shape index (κ3) is 1.93. The first kappa shape index (κ1) is 13.8. The van der Waals surface area contributed by atoms with Gasteiger partial charge in [-0.25, -0.2) is 4.39 Å². The predicted octanol–water partition coefficient (Wildman–Crippen LogP) is 4.27. The summed E-state index contributed by atoms with van der Waals surface area (Å²) in [6.45, 7) is 4.35. The summed E-state index contributed by atoms with van der Waals surface area (Å²) in [5.41, 5.74) is 2.47. The van der Waals surface area contributed by atoms with Gasteiger partial charge in [-0.3, -0.25) is 4.79 Å². The highest BCUT2D eigenvalue weighted by molar-refractivity contribution is 6.07. The van der Waals surface area contributed by atoms with Crippen molar-refractivity contribution in [2.45, 2.75) is 13.8 Å². The maximum absolute atomic E-state index is 13.4. The average Bonchev–Trinajstić information content (AvgIpc) is 2.90. The van der Waals surface area contributed by atoms with Gasteiger partial charge in [-0.05, 0) is 44.2 Å². The fourth-order valence-corrected chi connectivity index (χ4v) is 2.95. The fraction of sp³-hybridized carbons (Fsp3) is 0.167. The lowest BCUT2D eigenvalue weighted by Gasteiger charge is -2.06. The summed E-state index contributed by atoms with van der Waals surface area (Å²) < 4.78 is 24.8. The molecule has 0 atom stereocenters. The monoisotopic (exact) mass is 311 g/mol. The Balaban J connectivity index is 2.16. The van der Waals surface area contributed by atoms with Crippen LogP contribution in [-0.2, 0) is 0 Å². The summed E-state index contributed by atoms with van der Waals surface area (Å²) >= 11 is 0. The molecular weight excluding hydrogens is 297 g/mol. The third-order valence-corrected chi connectivity index (χ3v) is 4.05. The normalized spacial score (nSPS) is 11.6. The number of nitrogens with one attached hydrogen (secondary N) is 1. The summed E-state index contributed by atoms with van der Waals surface area (Å²) in [6.07, 6.45) is 0. The molecule has 0 fully saturated rings. The number of aryl methyl sites for hydroxylation is 1. The number of benzene rings is 2. The van der Waals surface area contributed by atoms with E-state index in [9.17, 15) is 9.18 Å². The minimum absolute atomic E-state index is 0.246. The number of rotatable bonds is 2. The number of halogens is 1. The van der Waals surface area contributed by atoms with Crippen molar-refractivity contribution in [2.24, 2.45) is 0 Å². The second-order valence-corrected chi connectivity index (χ2v) is 5.45. The first-order valence-corrected chi connectivity index (χ1v) is 7.40. The van der Waals surface area contributed by atoms with Crippen molar-refractivity contribution in [2.75, 3.05) is 6.61 Å². The van der Waals surface area contributed by atoms with Crippen molar-refractivity contribution in [3.8, 4) is 5.75 Å². The van der Waals surface area contributed by atoms with E-state index in [2.05, 4.69) is 4.98 Å². The molecule has 4 aromatic rings. The molecule has 0 aliphatic carbocycles. The molecule has 23 heavy (non-hydrogen) atoms. The van der Waals surface area contributed by atoms with Crippen LogP contribution in [0.3, 0.4) is 0 Å². The number of pyridine rings is 1. The molecular formula is C18H14FNO3. The van der Waals surface area contributed by atoms with E-state index < -0.39 is 5.82 Å². The Hall–Kier alpha value is -2.82. The largest absolute Gasteiger partial charge is 0.493 e. The fourth-order valence-electron chi connectivity index (χ4n) is 2.95. The van der Waals surface area contributed by atoms with Crippen LogP contribution in [0.15, 0.2) is 39.5 Å². The van der Waals surface area contributed by atoms with Gasteiger partial charge >= 0.3 is 0 Å². The van der Waals surface area contributed by atoms with Crippen LogP contribution in [0, 0.1) is 12.7 Å². The van der Waals surface area contributed by atoms with Gasteiger partial charge in [0.25, 0.3) is 0 Å². The van der Waals surface area contributed by atoms with E-state index in [0.29, 0.717) is 28.6 Å². The van der Waals surface area contributed by atoms with Gasteiger partial charge in [-0.15, -0.1) is 0 Å². The molecule has 5 heteroatoms. The number of aromatic amines is 1. The Kier molecular flexibility index (Phi) is 2.91. The molecule has 0 aliphatic heterocycles. The van der Waals surface area contributed by atoms with Crippen LogP contribution in [0.25, 0.3) is 33.0 Å². The maximum Gasteiger partial charge on any atom is 0.232 e. The number of hydrogen-bond donors (Lipinski definition) is 1. The highest BCUT2D eigenvalue weighted by Gasteiger charge is 2.17. The third-order valence-electron chi connectivity index (χ3n) is 4.05. The van der Waals surface area contributed by atoms with E-state index in [4.69, 9.17) is 9.15 Å². The second kappa shape index (κ2) is 4.84. The zero-order valence-corrected chi connectivity index (χ0v) is 12.7. The minimum Gasteiger partial charge on any atom is -0.493 e. The molecule has 0 spiro atoms. The van der Waals surface area contributed by atoms with Crippen molar-refractivity contribution in [1.82, 2.24) is 4.98 Å². The summed E-state index contributed by atoms with van der Waals surface area (Å²) in [4.78, 5) is 15.7. The molecule has 0 bridgehead atoms. The van der Waals surface area contributed by atoms with Crippen LogP contribution in [0.2, 0.25) is 0 Å². The van der Waals surface area contributed by atoms with Crippen LogP contribution >= 0.6 is 0 Å². The molecule has 116 valence electrons. The van der Waals surface area contributed by atoms with Crippen molar-refractivity contribution >= 4 is 33.0 Å². The highest BCUT2D eigenvalue weighted by Crippen LogP contribution is 2.33. The van der Waals surface area contributed by atoms with E-state index in [-0.39, 0.29) is 11.0 Å². The number of hydrogen-bond acceptors (Lipinski definition) is 3. The molecule has 0 aliphatic rings. The van der Waals surface area contributed by atoms with E-state index in [1.54, 1.807) is 0 Å². The molecule has 0 unspecified atom stereocenters. The lowest BCUT2D eigenvalue weighted by molar-refractivity contribution is 0.338. The van der Waals surface area contributed by atoms with Crippen molar-refractivity contribution in [3.05, 3.63) is 51.9 Å². The predicted molar refractivity (Wildman–Crippen MR) is 87.7 cm³/mol. The summed E-state index contributed by atoms with van der Waals surface area (Å²) in [5, 5.41) is 1.19. The average molecular weight is 311 g/mol. The minimum atomic E-state index is -0.393. The lowest BCUT2D eigenvalue weighted by atomic mass is 10.1. The molecule has 4 nitrogen and oxygen atoms in total. The van der Waals surface area contributed by atoms with Crippen LogP contribution in [-0.4, -0.2) is 11.6 Å². The van der Waals surface area contributed by atoms with Crippen molar-refractivity contribution in [1.29, 1.82) is 0 Å². The molecule has 0 radical (unpaired) electrons. The number of aromatic nitrogens is 1. The molecule has 0 saturated carbocycles. The van der Waals surface area contributed by atoms with E-state index in [1.165, 1.54) is 18.2 Å². The van der Waals surface area contributed by atoms with Crippen LogP contribution < -0.4 is 10.2 Å². The number of ether oxygens (including phenoxy) is 1. The number of fused-ring (bicyclic) bond motifs is 4. The maximum atomic E-state index is 13.4. The molecule has 0 saturated heterocycles. The van der Waals surface area contributed by atoms with E-state index >= 15 is 0 Å². The van der Waals surface area contributed by atoms with Crippen molar-refractivity contribution in [3.63, 3.8) is 0 Å². The first-order chi connectivity index (χ1) is 11.1. The summed E-state index contributed by atoms with van der Waals surface area (Å²) in [5.74, 6) is 0.331. The second-order valence-electron chi connectivity index (χ2n) is 5.45. The van der Waals surface area contributed by atoms with Gasteiger partial charge in [0.2, 0.25) is 5.43 Å². The van der Waals surface area contributed by atoms with Gasteiger partial charge in [-0.2, -0.15) is 0 Å². The van der Waals surface area contributed by atoms with E-state index in [0.717, 1.165) is 16.7 Å². The quantitative estimate of drug-likeness (QED) is 0.601. The number of H-pyrrole nitrogens is 1. The topological polar surface area (TPSA) is 55.2 Å². The molecule has 2 heterocycles. The van der Waals surface area contributed by atoms with Crippen LogP contribution in [0.1, 0.15) is 12.5 Å². The lowest BCUT2D eigenvalue weighted by Crippen LogP contribution is -2.02. The zero-order valence-electron chi connectivity index (χ0n) is 12.7. The van der Waals surface area contributed by atoms with Gasteiger partial charge in [0.1, 0.15) is 17.1 Å². The Morgan fingerprint density at radius 2 is 1.96 bits per heavy atom. The van der Waals surface area contributed by atoms with Gasteiger partial charge in [0, 0.05) is 16.3 Å². The smallest absolute Gasteiger partial charge is 0.232 e.